The summed E-state index contributed by atoms with van der Waals surface area (Å²) in [5.41, 5.74) is 1.02. The quantitative estimate of drug-likeness (QED) is 0.483. The van der Waals surface area contributed by atoms with Gasteiger partial charge in [0, 0.05) is 22.1 Å². The molecule has 0 atom stereocenters. The second-order valence-electron chi connectivity index (χ2n) is 5.69. The lowest BCUT2D eigenvalue weighted by Crippen LogP contribution is -2.10. The molecule has 0 bridgehead atoms. The Hall–Kier alpha value is -2.48. The zero-order chi connectivity index (χ0) is 18.8. The fraction of sp³-hybridized carbons (Fsp3) is 0.105. The van der Waals surface area contributed by atoms with Gasteiger partial charge < -0.3 is 4.74 Å². The average molecular weight is 416 g/mol. The Morgan fingerprint density at radius 3 is 2.70 bits per heavy atom. The third kappa shape index (κ3) is 3.66. The van der Waals surface area contributed by atoms with Crippen molar-refractivity contribution in [3.05, 3.63) is 69.0 Å². The molecule has 0 saturated heterocycles. The number of thiophene rings is 1. The Morgan fingerprint density at radius 1 is 1.11 bits per heavy atom. The molecule has 2 heterocycles. The van der Waals surface area contributed by atoms with Crippen molar-refractivity contribution in [2.45, 2.75) is 6.42 Å². The minimum Gasteiger partial charge on any atom is -0.496 e. The number of para-hydroxylation sites is 1. The number of carbonyl (C=O) groups excluding carboxylic acids is 1. The number of aromatic nitrogens is 2. The first kappa shape index (κ1) is 17.9. The summed E-state index contributed by atoms with van der Waals surface area (Å²) in [6, 6.07) is 15.4. The highest BCUT2D eigenvalue weighted by atomic mass is 35.5. The van der Waals surface area contributed by atoms with Crippen LogP contribution in [-0.4, -0.2) is 23.2 Å². The monoisotopic (exact) mass is 415 g/mol. The summed E-state index contributed by atoms with van der Waals surface area (Å²) in [6.45, 7) is 0. The zero-order valence-electron chi connectivity index (χ0n) is 14.2. The van der Waals surface area contributed by atoms with Crippen LogP contribution in [0.5, 0.6) is 5.75 Å². The van der Waals surface area contributed by atoms with Crippen molar-refractivity contribution in [1.82, 2.24) is 10.2 Å². The molecule has 0 aliphatic carbocycles. The Morgan fingerprint density at radius 2 is 1.89 bits per heavy atom. The Balaban J connectivity index is 1.52. The number of nitrogens with zero attached hydrogens (tertiary/aromatic N) is 2. The highest BCUT2D eigenvalue weighted by molar-refractivity contribution is 7.22. The summed E-state index contributed by atoms with van der Waals surface area (Å²) < 4.78 is 6.34. The normalized spacial score (nSPS) is 10.9. The van der Waals surface area contributed by atoms with Crippen LogP contribution in [0.15, 0.2) is 48.5 Å². The number of hydrogen-bond donors (Lipinski definition) is 1. The molecule has 0 unspecified atom stereocenters. The van der Waals surface area contributed by atoms with Gasteiger partial charge in [0.2, 0.25) is 5.13 Å². The number of amides is 1. The van der Waals surface area contributed by atoms with Gasteiger partial charge in [-0.2, -0.15) is 0 Å². The Kier molecular flexibility index (Phi) is 5.07. The van der Waals surface area contributed by atoms with Crippen LogP contribution in [-0.2, 0) is 6.42 Å². The topological polar surface area (TPSA) is 64.1 Å². The van der Waals surface area contributed by atoms with Gasteiger partial charge in [-0.3, -0.25) is 10.1 Å². The zero-order valence-corrected chi connectivity index (χ0v) is 16.6. The summed E-state index contributed by atoms with van der Waals surface area (Å²) >= 11 is 9.06. The number of rotatable bonds is 5. The molecule has 27 heavy (non-hydrogen) atoms. The Bertz CT molecular complexity index is 1120. The van der Waals surface area contributed by atoms with Crippen LogP contribution < -0.4 is 10.1 Å². The molecule has 8 heteroatoms. The molecule has 0 saturated carbocycles. The van der Waals surface area contributed by atoms with Crippen LogP contribution >= 0.6 is 34.3 Å². The first-order chi connectivity index (χ1) is 13.2. The minimum atomic E-state index is -0.277. The number of fused-ring (bicyclic) bond motifs is 1. The molecule has 136 valence electrons. The van der Waals surface area contributed by atoms with Crippen LogP contribution in [0, 0.1) is 0 Å². The van der Waals surface area contributed by atoms with E-state index >= 15 is 0 Å². The molecule has 0 aliphatic rings. The van der Waals surface area contributed by atoms with E-state index in [1.54, 1.807) is 7.11 Å². The molecule has 2 aromatic heterocycles. The molecule has 4 rings (SSSR count). The number of anilines is 1. The first-order valence-corrected chi connectivity index (χ1v) is 10.1. The smallest absolute Gasteiger partial charge is 0.269 e. The van der Waals surface area contributed by atoms with Gasteiger partial charge in [-0.25, -0.2) is 0 Å². The first-order valence-electron chi connectivity index (χ1n) is 8.08. The van der Waals surface area contributed by atoms with E-state index in [9.17, 15) is 4.79 Å². The lowest BCUT2D eigenvalue weighted by molar-refractivity contribution is 0.103. The van der Waals surface area contributed by atoms with E-state index in [1.807, 2.05) is 48.5 Å². The van der Waals surface area contributed by atoms with Gasteiger partial charge in [0.15, 0.2) is 0 Å². The highest BCUT2D eigenvalue weighted by Gasteiger charge is 2.18. The number of methoxy groups -OCH3 is 1. The fourth-order valence-electron chi connectivity index (χ4n) is 2.70. The second-order valence-corrected chi connectivity index (χ2v) is 8.18. The lowest BCUT2D eigenvalue weighted by atomic mass is 10.1. The summed E-state index contributed by atoms with van der Waals surface area (Å²) in [6.07, 6.45) is 0.585. The molecule has 0 spiro atoms. The van der Waals surface area contributed by atoms with Gasteiger partial charge in [0.05, 0.1) is 12.1 Å². The van der Waals surface area contributed by atoms with Crippen molar-refractivity contribution in [2.75, 3.05) is 12.4 Å². The number of nitrogens with one attached hydrogen (secondary N) is 1. The van der Waals surface area contributed by atoms with Gasteiger partial charge in [-0.1, -0.05) is 59.3 Å². The van der Waals surface area contributed by atoms with Gasteiger partial charge in [0.1, 0.15) is 15.6 Å². The molecule has 5 nitrogen and oxygen atoms in total. The maximum absolute atomic E-state index is 12.6. The summed E-state index contributed by atoms with van der Waals surface area (Å²) in [7, 11) is 1.64. The molecule has 4 aromatic rings. The number of carbonyl (C=O) groups is 1. The maximum atomic E-state index is 12.6. The lowest BCUT2D eigenvalue weighted by Gasteiger charge is -2.05. The molecule has 0 aliphatic heterocycles. The summed E-state index contributed by atoms with van der Waals surface area (Å²) in [5, 5.41) is 13.6. The van der Waals surface area contributed by atoms with Crippen LogP contribution in [0.25, 0.3) is 10.1 Å². The number of halogens is 1. The predicted molar refractivity (Wildman–Crippen MR) is 110 cm³/mol. The van der Waals surface area contributed by atoms with Crippen LogP contribution in [0.2, 0.25) is 5.02 Å². The predicted octanol–water partition coefficient (Wildman–Crippen LogP) is 5.26. The maximum Gasteiger partial charge on any atom is 0.269 e. The van der Waals surface area contributed by atoms with Crippen molar-refractivity contribution in [3.63, 3.8) is 0 Å². The molecular formula is C19H14ClN3O2S2. The van der Waals surface area contributed by atoms with Crippen molar-refractivity contribution in [3.8, 4) is 5.75 Å². The fourth-order valence-corrected chi connectivity index (χ4v) is 4.87. The standard InChI is InChI=1S/C19H14ClN3O2S2/c1-25-13-8-4-2-6-11(13)10-15-22-23-19(27-15)21-18(24)17-16(20)12-7-3-5-9-14(12)26-17/h2-9H,10H2,1H3,(H,21,23,24). The molecule has 2 aromatic carbocycles. The SMILES string of the molecule is COc1ccccc1Cc1nnc(NC(=O)c2sc3ccccc3c2Cl)s1. The highest BCUT2D eigenvalue weighted by Crippen LogP contribution is 2.35. The van der Waals surface area contributed by atoms with Gasteiger partial charge in [0.25, 0.3) is 5.91 Å². The molecular weight excluding hydrogens is 402 g/mol. The largest absolute Gasteiger partial charge is 0.496 e. The van der Waals surface area contributed by atoms with Crippen LogP contribution in [0.1, 0.15) is 20.2 Å². The van der Waals surface area contributed by atoms with E-state index in [0.717, 1.165) is 26.4 Å². The van der Waals surface area contributed by atoms with Crippen LogP contribution in [0.3, 0.4) is 0 Å². The van der Waals surface area contributed by atoms with E-state index in [2.05, 4.69) is 15.5 Å². The molecule has 1 amide bonds. The molecule has 0 radical (unpaired) electrons. The van der Waals surface area contributed by atoms with Crippen molar-refractivity contribution < 1.29 is 9.53 Å². The van der Waals surface area contributed by atoms with Gasteiger partial charge in [-0.05, 0) is 12.1 Å². The number of hydrogen-bond acceptors (Lipinski definition) is 6. The van der Waals surface area contributed by atoms with Crippen LogP contribution in [0.4, 0.5) is 5.13 Å². The van der Waals surface area contributed by atoms with Crippen molar-refractivity contribution in [2.24, 2.45) is 0 Å². The second kappa shape index (κ2) is 7.64. The Labute approximate surface area is 168 Å². The number of ether oxygens (including phenoxy) is 1. The summed E-state index contributed by atoms with van der Waals surface area (Å²) in [5.74, 6) is 0.525. The molecule has 0 fully saturated rings. The van der Waals surface area contributed by atoms with Crippen molar-refractivity contribution in [1.29, 1.82) is 0 Å². The third-order valence-electron chi connectivity index (χ3n) is 3.96. The van der Waals surface area contributed by atoms with Gasteiger partial charge in [-0.15, -0.1) is 21.5 Å². The summed E-state index contributed by atoms with van der Waals surface area (Å²) in [4.78, 5) is 13.1. The third-order valence-corrected chi connectivity index (χ3v) is 6.48. The van der Waals surface area contributed by atoms with Crippen molar-refractivity contribution >= 4 is 55.4 Å². The minimum absolute atomic E-state index is 0.277. The van der Waals surface area contributed by atoms with E-state index < -0.39 is 0 Å². The average Bonchev–Trinajstić information content (AvgIpc) is 3.26. The van der Waals surface area contributed by atoms with E-state index in [4.69, 9.17) is 16.3 Å². The molecule has 1 N–H and O–H groups in total. The van der Waals surface area contributed by atoms with E-state index in [0.29, 0.717) is 21.5 Å². The van der Waals surface area contributed by atoms with E-state index in [-0.39, 0.29) is 5.91 Å². The van der Waals surface area contributed by atoms with E-state index in [1.165, 1.54) is 22.7 Å². The number of benzene rings is 2. The van der Waals surface area contributed by atoms with Gasteiger partial charge >= 0.3 is 0 Å².